The van der Waals surface area contributed by atoms with Gasteiger partial charge in [-0.05, 0) is 42.0 Å². The molecule has 1 heterocycles. The number of nitrogens with zero attached hydrogens (tertiary/aromatic N) is 2. The van der Waals surface area contributed by atoms with Gasteiger partial charge < -0.3 is 14.2 Å². The van der Waals surface area contributed by atoms with Crippen LogP contribution in [0.2, 0.25) is 0 Å². The molecule has 0 fully saturated rings. The van der Waals surface area contributed by atoms with Crippen molar-refractivity contribution in [1.82, 2.24) is 9.97 Å². The zero-order chi connectivity index (χ0) is 25.7. The van der Waals surface area contributed by atoms with Crippen molar-refractivity contribution >= 4 is 16.7 Å². The van der Waals surface area contributed by atoms with Crippen LogP contribution in [0.25, 0.3) is 22.2 Å². The first-order chi connectivity index (χ1) is 17.2. The molecule has 0 bridgehead atoms. The lowest BCUT2D eigenvalue weighted by Crippen LogP contribution is -2.14. The minimum Gasteiger partial charge on any atom is -0.482 e. The molecule has 0 aliphatic rings. The number of esters is 1. The number of carbonyl (C=O) groups is 1. The molecule has 0 saturated heterocycles. The minimum atomic E-state index is -4.74. The largest absolute Gasteiger partial charge is 0.482 e. The topological polar surface area (TPSA) is 70.5 Å². The molecule has 4 aromatic rings. The molecular weight excluding hydrogens is 480 g/mol. The molecule has 4 rings (SSSR count). The van der Waals surface area contributed by atoms with E-state index in [-0.39, 0.29) is 37.1 Å². The van der Waals surface area contributed by atoms with E-state index in [1.165, 1.54) is 18.2 Å². The van der Waals surface area contributed by atoms with Gasteiger partial charge in [0, 0.05) is 17.2 Å². The molecule has 10 heteroatoms. The third-order valence-corrected chi connectivity index (χ3v) is 5.06. The van der Waals surface area contributed by atoms with Crippen LogP contribution in [-0.4, -0.2) is 29.2 Å². The molecule has 6 nitrogen and oxygen atoms in total. The van der Waals surface area contributed by atoms with E-state index in [4.69, 9.17) is 14.2 Å². The summed E-state index contributed by atoms with van der Waals surface area (Å²) < 4.78 is 70.0. The molecule has 0 saturated carbocycles. The van der Waals surface area contributed by atoms with Crippen molar-refractivity contribution in [3.63, 3.8) is 0 Å². The summed E-state index contributed by atoms with van der Waals surface area (Å²) in [5.41, 5.74) is -0.679. The van der Waals surface area contributed by atoms with Gasteiger partial charge in [0.05, 0.1) is 6.61 Å². The van der Waals surface area contributed by atoms with Crippen LogP contribution in [0.3, 0.4) is 0 Å². The zero-order valence-electron chi connectivity index (χ0n) is 19.0. The lowest BCUT2D eigenvalue weighted by atomic mass is 10.1. The normalized spacial score (nSPS) is 11.4. The van der Waals surface area contributed by atoms with Crippen LogP contribution in [0, 0.1) is 5.82 Å². The fourth-order valence-electron chi connectivity index (χ4n) is 3.34. The summed E-state index contributed by atoms with van der Waals surface area (Å²) >= 11 is 0. The molecule has 0 N–H and O–H groups in total. The molecule has 36 heavy (non-hydrogen) atoms. The Morgan fingerprint density at radius 1 is 0.917 bits per heavy atom. The molecule has 0 aliphatic heterocycles. The van der Waals surface area contributed by atoms with Crippen LogP contribution >= 0.6 is 0 Å². The predicted octanol–water partition coefficient (Wildman–Crippen LogP) is 5.98. The van der Waals surface area contributed by atoms with Gasteiger partial charge >= 0.3 is 12.1 Å². The van der Waals surface area contributed by atoms with Gasteiger partial charge in [0.1, 0.15) is 18.2 Å². The van der Waals surface area contributed by atoms with Crippen LogP contribution in [0.5, 0.6) is 11.6 Å². The number of hydrogen-bond acceptors (Lipinski definition) is 6. The maximum absolute atomic E-state index is 13.9. The molecule has 3 aromatic carbocycles. The summed E-state index contributed by atoms with van der Waals surface area (Å²) in [4.78, 5) is 19.3. The summed E-state index contributed by atoms with van der Waals surface area (Å²) in [6.45, 7) is 1.39. The number of halogens is 4. The third kappa shape index (κ3) is 6.07. The number of alkyl halides is 3. The minimum absolute atomic E-state index is 0.179. The second-order valence-corrected chi connectivity index (χ2v) is 7.61. The Morgan fingerprint density at radius 3 is 2.42 bits per heavy atom. The van der Waals surface area contributed by atoms with E-state index in [2.05, 4.69) is 9.97 Å². The molecule has 1 aromatic heterocycles. The van der Waals surface area contributed by atoms with Crippen molar-refractivity contribution < 1.29 is 36.6 Å². The lowest BCUT2D eigenvalue weighted by molar-refractivity contribution is -0.145. The van der Waals surface area contributed by atoms with Gasteiger partial charge in [0.2, 0.25) is 5.88 Å². The molecule has 186 valence electrons. The summed E-state index contributed by atoms with van der Waals surface area (Å²) in [7, 11) is 0. The SMILES string of the molecule is CCOC(=O)COc1ccc2cc(-c3nc(OCc4ccccc4F)cc(C(F)(F)F)n3)ccc2c1. The predicted molar refractivity (Wildman–Crippen MR) is 123 cm³/mol. The van der Waals surface area contributed by atoms with E-state index in [0.717, 1.165) is 5.39 Å². The first-order valence-electron chi connectivity index (χ1n) is 10.9. The average Bonchev–Trinajstić information content (AvgIpc) is 2.86. The quantitative estimate of drug-likeness (QED) is 0.219. The number of aromatic nitrogens is 2. The second-order valence-electron chi connectivity index (χ2n) is 7.61. The van der Waals surface area contributed by atoms with Crippen LogP contribution in [0.1, 0.15) is 18.2 Å². The lowest BCUT2D eigenvalue weighted by Gasteiger charge is -2.12. The van der Waals surface area contributed by atoms with Gasteiger partial charge in [-0.15, -0.1) is 0 Å². The molecule has 0 unspecified atom stereocenters. The maximum atomic E-state index is 13.9. The summed E-state index contributed by atoms with van der Waals surface area (Å²) in [5, 5.41) is 1.41. The Kier molecular flexibility index (Phi) is 7.33. The molecule has 0 aliphatic carbocycles. The van der Waals surface area contributed by atoms with Gasteiger partial charge in [-0.2, -0.15) is 18.2 Å². The number of hydrogen-bond donors (Lipinski definition) is 0. The van der Waals surface area contributed by atoms with Crippen LogP contribution in [-0.2, 0) is 22.3 Å². The highest BCUT2D eigenvalue weighted by molar-refractivity contribution is 5.87. The molecule has 0 atom stereocenters. The van der Waals surface area contributed by atoms with Gasteiger partial charge in [-0.1, -0.05) is 36.4 Å². The highest BCUT2D eigenvalue weighted by atomic mass is 19.4. The first-order valence-corrected chi connectivity index (χ1v) is 10.9. The van der Waals surface area contributed by atoms with Crippen LogP contribution < -0.4 is 9.47 Å². The highest BCUT2D eigenvalue weighted by Gasteiger charge is 2.34. The van der Waals surface area contributed by atoms with E-state index in [1.807, 2.05) is 0 Å². The summed E-state index contributed by atoms with van der Waals surface area (Å²) in [6.07, 6.45) is -4.74. The maximum Gasteiger partial charge on any atom is 0.433 e. The number of rotatable bonds is 8. The van der Waals surface area contributed by atoms with Crippen molar-refractivity contribution in [3.8, 4) is 23.0 Å². The van der Waals surface area contributed by atoms with E-state index < -0.39 is 23.7 Å². The summed E-state index contributed by atoms with van der Waals surface area (Å²) in [5.74, 6) is -1.13. The van der Waals surface area contributed by atoms with E-state index in [1.54, 1.807) is 49.4 Å². The van der Waals surface area contributed by atoms with Gasteiger partial charge in [-0.25, -0.2) is 14.2 Å². The Morgan fingerprint density at radius 2 is 1.67 bits per heavy atom. The number of fused-ring (bicyclic) bond motifs is 1. The smallest absolute Gasteiger partial charge is 0.433 e. The Balaban J connectivity index is 1.61. The van der Waals surface area contributed by atoms with Gasteiger partial charge in [0.15, 0.2) is 18.1 Å². The van der Waals surface area contributed by atoms with Crippen molar-refractivity contribution in [1.29, 1.82) is 0 Å². The number of ether oxygens (including phenoxy) is 3. The molecule has 0 radical (unpaired) electrons. The Labute approximate surface area is 203 Å². The van der Waals surface area contributed by atoms with Crippen LogP contribution in [0.15, 0.2) is 66.7 Å². The van der Waals surface area contributed by atoms with Crippen molar-refractivity contribution in [2.45, 2.75) is 19.7 Å². The molecule has 0 spiro atoms. The molecule has 0 amide bonds. The van der Waals surface area contributed by atoms with Gasteiger partial charge in [0.25, 0.3) is 0 Å². The standard InChI is InChI=1S/C26H20F4N2O4/c1-2-34-24(33)15-35-20-10-9-16-11-18(8-7-17(16)12-20)25-31-22(26(28,29)30)13-23(32-25)36-14-19-5-3-4-6-21(19)27/h3-13H,2,14-15H2,1H3. The first kappa shape index (κ1) is 24.9. The van der Waals surface area contributed by atoms with Crippen molar-refractivity contribution in [2.75, 3.05) is 13.2 Å². The fraction of sp³-hybridized carbons (Fsp3) is 0.192. The monoisotopic (exact) mass is 500 g/mol. The Hall–Kier alpha value is -4.21. The number of carbonyl (C=O) groups excluding carboxylic acids is 1. The molecular formula is C26H20F4N2O4. The fourth-order valence-corrected chi connectivity index (χ4v) is 3.34. The second kappa shape index (κ2) is 10.6. The highest BCUT2D eigenvalue weighted by Crippen LogP contribution is 2.33. The van der Waals surface area contributed by atoms with Gasteiger partial charge in [-0.3, -0.25) is 0 Å². The average molecular weight is 500 g/mol. The zero-order valence-corrected chi connectivity index (χ0v) is 19.0. The van der Waals surface area contributed by atoms with Crippen LogP contribution in [0.4, 0.5) is 17.6 Å². The van der Waals surface area contributed by atoms with Crippen molar-refractivity contribution in [2.24, 2.45) is 0 Å². The third-order valence-electron chi connectivity index (χ3n) is 5.06. The van der Waals surface area contributed by atoms with E-state index in [9.17, 15) is 22.4 Å². The van der Waals surface area contributed by atoms with E-state index in [0.29, 0.717) is 22.8 Å². The summed E-state index contributed by atoms with van der Waals surface area (Å²) in [6, 6.07) is 16.3. The van der Waals surface area contributed by atoms with Crippen molar-refractivity contribution in [3.05, 3.63) is 83.8 Å². The van der Waals surface area contributed by atoms with E-state index >= 15 is 0 Å². The number of benzene rings is 3. The Bertz CT molecular complexity index is 1390.